The molecule has 0 aliphatic rings. The summed E-state index contributed by atoms with van der Waals surface area (Å²) in [6.45, 7) is 3.84. The summed E-state index contributed by atoms with van der Waals surface area (Å²) in [6.07, 6.45) is 1.66. The van der Waals surface area contributed by atoms with Crippen LogP contribution in [0.3, 0.4) is 0 Å². The van der Waals surface area contributed by atoms with Crippen LogP contribution in [0.5, 0.6) is 0 Å². The van der Waals surface area contributed by atoms with Crippen molar-refractivity contribution in [1.82, 2.24) is 15.0 Å². The van der Waals surface area contributed by atoms with Crippen LogP contribution in [0.4, 0.5) is 5.13 Å². The minimum atomic E-state index is -0.181. The van der Waals surface area contributed by atoms with E-state index in [2.05, 4.69) is 20.3 Å². The molecule has 130 valence electrons. The standard InChI is InChI=1S/C18H13ClN4OS2/c1-9-13-10(2)21-15(11-5-3-4-6-12(11)19)22-17(13)26-14(9)16(24)23-18-20-7-8-25-18/h3-8H,1-2H3,(H,20,23,24). The summed E-state index contributed by atoms with van der Waals surface area (Å²) in [5.41, 5.74) is 2.48. The van der Waals surface area contributed by atoms with E-state index in [0.29, 0.717) is 20.9 Å². The summed E-state index contributed by atoms with van der Waals surface area (Å²) >= 11 is 9.02. The van der Waals surface area contributed by atoms with Crippen molar-refractivity contribution in [2.45, 2.75) is 13.8 Å². The second kappa shape index (κ2) is 6.75. The Morgan fingerprint density at radius 1 is 1.19 bits per heavy atom. The number of aryl methyl sites for hydroxylation is 2. The Balaban J connectivity index is 1.81. The maximum absolute atomic E-state index is 12.6. The van der Waals surface area contributed by atoms with Gasteiger partial charge in [0.15, 0.2) is 11.0 Å². The summed E-state index contributed by atoms with van der Waals surface area (Å²) < 4.78 is 0. The van der Waals surface area contributed by atoms with E-state index in [0.717, 1.165) is 27.0 Å². The molecule has 0 aliphatic carbocycles. The van der Waals surface area contributed by atoms with E-state index >= 15 is 0 Å². The first-order valence-corrected chi connectivity index (χ1v) is 9.85. The average molecular weight is 401 g/mol. The highest BCUT2D eigenvalue weighted by atomic mass is 35.5. The van der Waals surface area contributed by atoms with E-state index in [1.165, 1.54) is 22.7 Å². The molecular weight excluding hydrogens is 388 g/mol. The number of anilines is 1. The van der Waals surface area contributed by atoms with Crippen LogP contribution in [0.15, 0.2) is 35.8 Å². The number of nitrogens with zero attached hydrogens (tertiary/aromatic N) is 3. The first kappa shape index (κ1) is 17.1. The van der Waals surface area contributed by atoms with Crippen molar-refractivity contribution in [3.63, 3.8) is 0 Å². The van der Waals surface area contributed by atoms with E-state index < -0.39 is 0 Å². The van der Waals surface area contributed by atoms with E-state index in [9.17, 15) is 4.79 Å². The number of hydrogen-bond donors (Lipinski definition) is 1. The smallest absolute Gasteiger partial charge is 0.267 e. The molecule has 0 atom stereocenters. The number of nitrogens with one attached hydrogen (secondary N) is 1. The monoisotopic (exact) mass is 400 g/mol. The van der Waals surface area contributed by atoms with Crippen LogP contribution in [-0.4, -0.2) is 20.9 Å². The molecule has 8 heteroatoms. The zero-order chi connectivity index (χ0) is 18.3. The van der Waals surface area contributed by atoms with Gasteiger partial charge in [-0.25, -0.2) is 15.0 Å². The van der Waals surface area contributed by atoms with E-state index in [1.54, 1.807) is 6.20 Å². The Morgan fingerprint density at radius 3 is 2.73 bits per heavy atom. The van der Waals surface area contributed by atoms with Crippen molar-refractivity contribution in [2.24, 2.45) is 0 Å². The lowest BCUT2D eigenvalue weighted by Gasteiger charge is -2.05. The fraction of sp³-hybridized carbons (Fsp3) is 0.111. The van der Waals surface area contributed by atoms with Gasteiger partial charge in [-0.05, 0) is 31.5 Å². The maximum atomic E-state index is 12.6. The minimum Gasteiger partial charge on any atom is -0.297 e. The Morgan fingerprint density at radius 2 is 2.00 bits per heavy atom. The number of halogens is 1. The molecule has 0 aliphatic heterocycles. The van der Waals surface area contributed by atoms with Crippen molar-refractivity contribution >= 4 is 55.5 Å². The molecule has 0 saturated carbocycles. The third-order valence-electron chi connectivity index (χ3n) is 3.94. The predicted octanol–water partition coefficient (Wildman–Crippen LogP) is 5.34. The predicted molar refractivity (Wildman–Crippen MR) is 107 cm³/mol. The zero-order valence-electron chi connectivity index (χ0n) is 13.9. The normalized spacial score (nSPS) is 11.0. The lowest BCUT2D eigenvalue weighted by Crippen LogP contribution is -2.10. The molecule has 0 saturated heterocycles. The van der Waals surface area contributed by atoms with Crippen molar-refractivity contribution in [3.8, 4) is 11.4 Å². The first-order chi connectivity index (χ1) is 12.5. The van der Waals surface area contributed by atoms with E-state index in [1.807, 2.05) is 43.5 Å². The number of benzene rings is 1. The number of thiazole rings is 1. The minimum absolute atomic E-state index is 0.181. The number of fused-ring (bicyclic) bond motifs is 1. The Labute approximate surface area is 162 Å². The molecule has 3 aromatic heterocycles. The average Bonchev–Trinajstić information content (AvgIpc) is 3.23. The van der Waals surface area contributed by atoms with Crippen LogP contribution >= 0.6 is 34.3 Å². The van der Waals surface area contributed by atoms with Crippen LogP contribution in [0.1, 0.15) is 20.9 Å². The molecule has 0 radical (unpaired) electrons. The summed E-state index contributed by atoms with van der Waals surface area (Å²) in [4.78, 5) is 27.4. The molecule has 4 rings (SSSR count). The van der Waals surface area contributed by atoms with E-state index in [4.69, 9.17) is 11.6 Å². The molecule has 1 amide bonds. The van der Waals surface area contributed by atoms with Gasteiger partial charge in [0, 0.05) is 22.5 Å². The van der Waals surface area contributed by atoms with Gasteiger partial charge in [-0.15, -0.1) is 22.7 Å². The topological polar surface area (TPSA) is 67.8 Å². The third kappa shape index (κ3) is 2.98. The van der Waals surface area contributed by atoms with Gasteiger partial charge in [-0.1, -0.05) is 23.7 Å². The fourth-order valence-corrected chi connectivity index (χ4v) is 4.63. The summed E-state index contributed by atoms with van der Waals surface area (Å²) in [5, 5.41) is 6.73. The molecular formula is C18H13ClN4OS2. The highest BCUT2D eigenvalue weighted by Gasteiger charge is 2.20. The van der Waals surface area contributed by atoms with Crippen molar-refractivity contribution < 1.29 is 4.79 Å². The van der Waals surface area contributed by atoms with Gasteiger partial charge in [0.05, 0.1) is 15.6 Å². The zero-order valence-corrected chi connectivity index (χ0v) is 16.3. The van der Waals surface area contributed by atoms with Gasteiger partial charge >= 0.3 is 0 Å². The summed E-state index contributed by atoms with van der Waals surface area (Å²) in [6, 6.07) is 7.47. The van der Waals surface area contributed by atoms with Gasteiger partial charge in [-0.3, -0.25) is 10.1 Å². The molecule has 0 bridgehead atoms. The number of rotatable bonds is 3. The number of carbonyl (C=O) groups excluding carboxylic acids is 1. The molecule has 1 N–H and O–H groups in total. The largest absolute Gasteiger partial charge is 0.297 e. The lowest BCUT2D eigenvalue weighted by atomic mass is 10.1. The maximum Gasteiger partial charge on any atom is 0.267 e. The third-order valence-corrected chi connectivity index (χ3v) is 6.15. The second-order valence-corrected chi connectivity index (χ2v) is 7.94. The molecule has 5 nitrogen and oxygen atoms in total. The number of amides is 1. The quantitative estimate of drug-likeness (QED) is 0.504. The molecule has 26 heavy (non-hydrogen) atoms. The molecule has 0 unspecified atom stereocenters. The van der Waals surface area contributed by atoms with Crippen molar-refractivity contribution in [2.75, 3.05) is 5.32 Å². The molecule has 0 spiro atoms. The van der Waals surface area contributed by atoms with Gasteiger partial charge in [0.25, 0.3) is 5.91 Å². The number of thiophene rings is 1. The van der Waals surface area contributed by atoms with Gasteiger partial charge in [0.1, 0.15) is 4.83 Å². The Bertz CT molecular complexity index is 1120. The number of hydrogen-bond acceptors (Lipinski definition) is 6. The Hall–Kier alpha value is -2.35. The van der Waals surface area contributed by atoms with Crippen LogP contribution in [0.2, 0.25) is 5.02 Å². The Kier molecular flexibility index (Phi) is 4.44. The van der Waals surface area contributed by atoms with Crippen LogP contribution in [0.25, 0.3) is 21.6 Å². The van der Waals surface area contributed by atoms with Crippen LogP contribution < -0.4 is 5.32 Å². The lowest BCUT2D eigenvalue weighted by molar-refractivity contribution is 0.103. The molecule has 3 heterocycles. The second-order valence-electron chi connectivity index (χ2n) is 5.64. The van der Waals surface area contributed by atoms with E-state index in [-0.39, 0.29) is 5.91 Å². The van der Waals surface area contributed by atoms with Gasteiger partial charge in [-0.2, -0.15) is 0 Å². The first-order valence-electron chi connectivity index (χ1n) is 7.78. The van der Waals surface area contributed by atoms with Gasteiger partial charge in [0.2, 0.25) is 0 Å². The molecule has 0 fully saturated rings. The SMILES string of the molecule is Cc1nc(-c2ccccc2Cl)nc2sc(C(=O)Nc3nccs3)c(C)c12. The number of carbonyl (C=O) groups is 1. The fourth-order valence-electron chi connectivity index (χ4n) is 2.76. The van der Waals surface area contributed by atoms with Crippen LogP contribution in [0, 0.1) is 13.8 Å². The number of aromatic nitrogens is 3. The van der Waals surface area contributed by atoms with Gasteiger partial charge < -0.3 is 0 Å². The molecule has 4 aromatic rings. The molecule has 1 aromatic carbocycles. The highest BCUT2D eigenvalue weighted by Crippen LogP contribution is 2.34. The highest BCUT2D eigenvalue weighted by molar-refractivity contribution is 7.21. The van der Waals surface area contributed by atoms with Crippen molar-refractivity contribution in [1.29, 1.82) is 0 Å². The van der Waals surface area contributed by atoms with Crippen LogP contribution in [-0.2, 0) is 0 Å². The summed E-state index contributed by atoms with van der Waals surface area (Å²) in [5.74, 6) is 0.382. The van der Waals surface area contributed by atoms with Crippen molar-refractivity contribution in [3.05, 3.63) is 57.0 Å². The summed E-state index contributed by atoms with van der Waals surface area (Å²) in [7, 11) is 0.